The van der Waals surface area contributed by atoms with E-state index in [2.05, 4.69) is 0 Å². The third-order valence-electron chi connectivity index (χ3n) is 4.36. The summed E-state index contributed by atoms with van der Waals surface area (Å²) in [5, 5.41) is 0. The van der Waals surface area contributed by atoms with Gasteiger partial charge in [-0.15, -0.1) is 0 Å². The Morgan fingerprint density at radius 2 is 2.09 bits per heavy atom. The summed E-state index contributed by atoms with van der Waals surface area (Å²) >= 11 is 0. The van der Waals surface area contributed by atoms with E-state index in [1.54, 1.807) is 14.0 Å². The summed E-state index contributed by atoms with van der Waals surface area (Å²) in [7, 11) is 1.62. The zero-order chi connectivity index (χ0) is 16.7. The number of Topliss-reactive ketones (excluding diaryl/α,β-unsaturated/α-hetero) is 1. The summed E-state index contributed by atoms with van der Waals surface area (Å²) in [5.74, 6) is 0.394. The van der Waals surface area contributed by atoms with E-state index in [0.29, 0.717) is 25.9 Å². The van der Waals surface area contributed by atoms with Crippen LogP contribution in [0.3, 0.4) is 0 Å². The van der Waals surface area contributed by atoms with Crippen molar-refractivity contribution in [2.24, 2.45) is 5.41 Å². The fourth-order valence-corrected chi connectivity index (χ4v) is 3.07. The maximum atomic E-state index is 12.4. The molecule has 1 aromatic carbocycles. The molecule has 1 atom stereocenters. The van der Waals surface area contributed by atoms with Crippen molar-refractivity contribution in [3.63, 3.8) is 0 Å². The van der Waals surface area contributed by atoms with Crippen LogP contribution in [0.4, 0.5) is 0 Å². The molecule has 0 N–H and O–H groups in total. The maximum absolute atomic E-state index is 12.4. The van der Waals surface area contributed by atoms with E-state index < -0.39 is 5.41 Å². The molecule has 0 heterocycles. The van der Waals surface area contributed by atoms with Crippen LogP contribution < -0.4 is 4.74 Å². The molecule has 0 saturated heterocycles. The molecule has 23 heavy (non-hydrogen) atoms. The second-order valence-corrected chi connectivity index (χ2v) is 5.78. The number of para-hydroxylation sites is 1. The minimum atomic E-state index is -1.01. The number of ketones is 1. The molecule has 2 rings (SSSR count). The fourth-order valence-electron chi connectivity index (χ4n) is 3.07. The van der Waals surface area contributed by atoms with Crippen molar-refractivity contribution in [1.29, 1.82) is 0 Å². The van der Waals surface area contributed by atoms with Crippen molar-refractivity contribution in [3.05, 3.63) is 35.9 Å². The Labute approximate surface area is 137 Å². The van der Waals surface area contributed by atoms with E-state index in [-0.39, 0.29) is 11.8 Å². The number of allylic oxidation sites excluding steroid dienone is 1. The molecule has 0 spiro atoms. The van der Waals surface area contributed by atoms with E-state index in [9.17, 15) is 9.59 Å². The first-order valence-corrected chi connectivity index (χ1v) is 8.14. The van der Waals surface area contributed by atoms with Gasteiger partial charge < -0.3 is 9.47 Å². The van der Waals surface area contributed by atoms with Crippen molar-refractivity contribution in [2.75, 3.05) is 13.7 Å². The Morgan fingerprint density at radius 3 is 2.78 bits per heavy atom. The number of methoxy groups -OCH3 is 1. The summed E-state index contributed by atoms with van der Waals surface area (Å²) < 4.78 is 10.5. The highest BCUT2D eigenvalue weighted by atomic mass is 16.5. The zero-order valence-corrected chi connectivity index (χ0v) is 13.8. The SMILES string of the molecule is CCOC(=O)C1(C/C=C/c2ccccc2OC)CCCCC1=O. The highest BCUT2D eigenvalue weighted by Crippen LogP contribution is 2.38. The topological polar surface area (TPSA) is 52.6 Å². The van der Waals surface area contributed by atoms with E-state index in [4.69, 9.17) is 9.47 Å². The molecule has 1 fully saturated rings. The molecule has 0 aliphatic heterocycles. The van der Waals surface area contributed by atoms with Crippen molar-refractivity contribution in [3.8, 4) is 5.75 Å². The molecule has 4 heteroatoms. The summed E-state index contributed by atoms with van der Waals surface area (Å²) in [6, 6.07) is 7.65. The number of hydrogen-bond acceptors (Lipinski definition) is 4. The van der Waals surface area contributed by atoms with Gasteiger partial charge in [0.05, 0.1) is 13.7 Å². The Kier molecular flexibility index (Phi) is 5.97. The van der Waals surface area contributed by atoms with Crippen LogP contribution in [0.5, 0.6) is 5.75 Å². The number of carbonyl (C=O) groups is 2. The molecule has 0 aromatic heterocycles. The van der Waals surface area contributed by atoms with Gasteiger partial charge in [-0.3, -0.25) is 9.59 Å². The average molecular weight is 316 g/mol. The first-order valence-electron chi connectivity index (χ1n) is 8.14. The van der Waals surface area contributed by atoms with Crippen molar-refractivity contribution >= 4 is 17.8 Å². The van der Waals surface area contributed by atoms with Crippen LogP contribution in [0, 0.1) is 5.41 Å². The number of rotatable bonds is 6. The minimum Gasteiger partial charge on any atom is -0.496 e. The van der Waals surface area contributed by atoms with Crippen LogP contribution in [0.25, 0.3) is 6.08 Å². The molecule has 1 aliphatic carbocycles. The molecule has 4 nitrogen and oxygen atoms in total. The third-order valence-corrected chi connectivity index (χ3v) is 4.36. The second kappa shape index (κ2) is 7.95. The first kappa shape index (κ1) is 17.3. The van der Waals surface area contributed by atoms with Gasteiger partial charge in [-0.05, 0) is 32.3 Å². The van der Waals surface area contributed by atoms with Gasteiger partial charge in [0.15, 0.2) is 0 Å². The van der Waals surface area contributed by atoms with Gasteiger partial charge in [0.25, 0.3) is 0 Å². The molecule has 1 aromatic rings. The zero-order valence-electron chi connectivity index (χ0n) is 13.8. The molecule has 1 unspecified atom stereocenters. The van der Waals surface area contributed by atoms with Crippen LogP contribution in [0.15, 0.2) is 30.3 Å². The lowest BCUT2D eigenvalue weighted by Gasteiger charge is -2.32. The lowest BCUT2D eigenvalue weighted by atomic mass is 9.70. The van der Waals surface area contributed by atoms with Gasteiger partial charge in [0.1, 0.15) is 16.9 Å². The summed E-state index contributed by atoms with van der Waals surface area (Å²) in [5.41, 5.74) is -0.0791. The molecular weight excluding hydrogens is 292 g/mol. The molecular formula is C19H24O4. The Hall–Kier alpha value is -2.10. The van der Waals surface area contributed by atoms with Gasteiger partial charge >= 0.3 is 5.97 Å². The lowest BCUT2D eigenvalue weighted by molar-refractivity contribution is -0.162. The lowest BCUT2D eigenvalue weighted by Crippen LogP contribution is -2.42. The van der Waals surface area contributed by atoms with E-state index in [0.717, 1.165) is 24.2 Å². The normalized spacial score (nSPS) is 21.4. The quantitative estimate of drug-likeness (QED) is 0.592. The predicted octanol–water partition coefficient (Wildman–Crippen LogP) is 3.79. The number of benzene rings is 1. The summed E-state index contributed by atoms with van der Waals surface area (Å²) in [4.78, 5) is 24.8. The van der Waals surface area contributed by atoms with E-state index in [1.165, 1.54) is 0 Å². The monoisotopic (exact) mass is 316 g/mol. The van der Waals surface area contributed by atoms with Crippen LogP contribution in [-0.2, 0) is 14.3 Å². The van der Waals surface area contributed by atoms with Crippen LogP contribution >= 0.6 is 0 Å². The third kappa shape index (κ3) is 3.81. The van der Waals surface area contributed by atoms with Crippen LogP contribution in [-0.4, -0.2) is 25.5 Å². The van der Waals surface area contributed by atoms with E-state index in [1.807, 2.05) is 36.4 Å². The molecule has 124 valence electrons. The van der Waals surface area contributed by atoms with Crippen molar-refractivity contribution in [2.45, 2.75) is 39.0 Å². The Morgan fingerprint density at radius 1 is 1.30 bits per heavy atom. The van der Waals surface area contributed by atoms with Gasteiger partial charge in [-0.2, -0.15) is 0 Å². The van der Waals surface area contributed by atoms with Gasteiger partial charge in [0.2, 0.25) is 0 Å². The first-order chi connectivity index (χ1) is 11.1. The highest BCUT2D eigenvalue weighted by molar-refractivity contribution is 6.04. The van der Waals surface area contributed by atoms with Gasteiger partial charge in [-0.1, -0.05) is 36.8 Å². The highest BCUT2D eigenvalue weighted by Gasteiger charge is 2.46. The number of ether oxygens (including phenoxy) is 2. The minimum absolute atomic E-state index is 0.00637. The van der Waals surface area contributed by atoms with Crippen LogP contribution in [0.2, 0.25) is 0 Å². The van der Waals surface area contributed by atoms with Crippen LogP contribution in [0.1, 0.15) is 44.6 Å². The van der Waals surface area contributed by atoms with E-state index >= 15 is 0 Å². The molecule has 0 bridgehead atoms. The molecule has 1 aliphatic rings. The molecule has 1 saturated carbocycles. The Bertz CT molecular complexity index is 591. The van der Waals surface area contributed by atoms with Crippen molar-refractivity contribution < 1.29 is 19.1 Å². The van der Waals surface area contributed by atoms with Gasteiger partial charge in [0, 0.05) is 12.0 Å². The Balaban J connectivity index is 2.20. The largest absolute Gasteiger partial charge is 0.496 e. The standard InChI is InChI=1S/C19H24O4/c1-3-23-18(21)19(13-7-6-12-17(19)20)14-8-10-15-9-4-5-11-16(15)22-2/h4-5,8-11H,3,6-7,12-14H2,1-2H3/b10-8+. The maximum Gasteiger partial charge on any atom is 0.319 e. The number of carbonyl (C=O) groups excluding carboxylic acids is 2. The summed E-state index contributed by atoms with van der Waals surface area (Å²) in [6.07, 6.45) is 6.94. The fraction of sp³-hybridized carbons (Fsp3) is 0.474. The smallest absolute Gasteiger partial charge is 0.319 e. The number of hydrogen-bond donors (Lipinski definition) is 0. The molecule has 0 radical (unpaired) electrons. The molecule has 0 amide bonds. The van der Waals surface area contributed by atoms with Gasteiger partial charge in [-0.25, -0.2) is 0 Å². The second-order valence-electron chi connectivity index (χ2n) is 5.78. The average Bonchev–Trinajstić information content (AvgIpc) is 2.57. The summed E-state index contributed by atoms with van der Waals surface area (Å²) in [6.45, 7) is 2.06. The predicted molar refractivity (Wildman–Crippen MR) is 89.2 cm³/mol. The van der Waals surface area contributed by atoms with Crippen molar-refractivity contribution in [1.82, 2.24) is 0 Å². The number of esters is 1.